The Morgan fingerprint density at radius 1 is 1.47 bits per heavy atom. The van der Waals surface area contributed by atoms with Crippen molar-refractivity contribution in [3.05, 3.63) is 47.5 Å². The lowest BCUT2D eigenvalue weighted by atomic mass is 10.2. The van der Waals surface area contributed by atoms with Gasteiger partial charge in [-0.25, -0.2) is 9.37 Å². The topological polar surface area (TPSA) is 43.8 Å². The van der Waals surface area contributed by atoms with E-state index in [1.807, 2.05) is 17.6 Å². The highest BCUT2D eigenvalue weighted by Crippen LogP contribution is 2.11. The van der Waals surface area contributed by atoms with Crippen molar-refractivity contribution in [2.24, 2.45) is 0 Å². The Kier molecular flexibility index (Phi) is 2.41. The van der Waals surface area contributed by atoms with E-state index in [-0.39, 0.29) is 5.82 Å². The largest absolute Gasteiger partial charge is 0.369 e. The maximum absolute atomic E-state index is 12.9. The van der Waals surface area contributed by atoms with Crippen LogP contribution in [0.25, 0.3) is 0 Å². The lowest BCUT2D eigenvalue weighted by Crippen LogP contribution is -2.06. The number of anilines is 1. The molecular weight excluding hydrogens is 193 g/mol. The first kappa shape index (κ1) is 9.71. The van der Waals surface area contributed by atoms with Gasteiger partial charge in [0, 0.05) is 5.69 Å². The molecule has 0 amide bonds. The molecule has 0 unspecified atom stereocenters. The van der Waals surface area contributed by atoms with E-state index in [2.05, 4.69) is 4.98 Å². The van der Waals surface area contributed by atoms with Gasteiger partial charge in [-0.05, 0) is 24.6 Å². The van der Waals surface area contributed by atoms with Crippen molar-refractivity contribution in [3.63, 3.8) is 0 Å². The van der Waals surface area contributed by atoms with Gasteiger partial charge in [0.15, 0.2) is 0 Å². The Morgan fingerprint density at radius 2 is 2.27 bits per heavy atom. The molecule has 0 bridgehead atoms. The number of nitrogens with zero attached hydrogens (tertiary/aromatic N) is 2. The number of nitrogens with two attached hydrogens (primary N) is 1. The van der Waals surface area contributed by atoms with E-state index < -0.39 is 0 Å². The monoisotopic (exact) mass is 205 g/mol. The van der Waals surface area contributed by atoms with Crippen molar-refractivity contribution < 1.29 is 4.39 Å². The minimum Gasteiger partial charge on any atom is -0.369 e. The summed E-state index contributed by atoms with van der Waals surface area (Å²) in [6.07, 6.45) is 1.70. The van der Waals surface area contributed by atoms with Crippen LogP contribution >= 0.6 is 0 Å². The summed E-state index contributed by atoms with van der Waals surface area (Å²) in [5.41, 5.74) is 7.53. The first-order valence-corrected chi connectivity index (χ1v) is 4.69. The Labute approximate surface area is 87.4 Å². The minimum atomic E-state index is -0.233. The summed E-state index contributed by atoms with van der Waals surface area (Å²) in [5, 5.41) is 0. The standard InChI is InChI=1S/C11H12FN3/c1-8-6-14-11(13)15(8)7-9-3-2-4-10(12)5-9/h2-6H,7H2,1H3,(H2,13,14). The molecule has 78 valence electrons. The number of hydrogen-bond donors (Lipinski definition) is 1. The van der Waals surface area contributed by atoms with Crippen molar-refractivity contribution in [2.45, 2.75) is 13.5 Å². The summed E-state index contributed by atoms with van der Waals surface area (Å²) in [6, 6.07) is 6.47. The van der Waals surface area contributed by atoms with Crippen LogP contribution in [0, 0.1) is 12.7 Å². The predicted molar refractivity (Wildman–Crippen MR) is 56.9 cm³/mol. The van der Waals surface area contributed by atoms with Crippen LogP contribution < -0.4 is 5.73 Å². The van der Waals surface area contributed by atoms with E-state index in [1.54, 1.807) is 12.3 Å². The first-order valence-electron chi connectivity index (χ1n) is 4.69. The highest BCUT2D eigenvalue weighted by Gasteiger charge is 2.04. The van der Waals surface area contributed by atoms with Gasteiger partial charge in [-0.3, -0.25) is 0 Å². The molecule has 0 saturated heterocycles. The highest BCUT2D eigenvalue weighted by atomic mass is 19.1. The lowest BCUT2D eigenvalue weighted by Gasteiger charge is -2.07. The van der Waals surface area contributed by atoms with Crippen molar-refractivity contribution in [1.29, 1.82) is 0 Å². The second-order valence-corrected chi connectivity index (χ2v) is 3.47. The lowest BCUT2D eigenvalue weighted by molar-refractivity contribution is 0.623. The van der Waals surface area contributed by atoms with Gasteiger partial charge in [0.2, 0.25) is 5.95 Å². The summed E-state index contributed by atoms with van der Waals surface area (Å²) in [4.78, 5) is 3.98. The van der Waals surface area contributed by atoms with Crippen LogP contribution in [0.4, 0.5) is 10.3 Å². The third-order valence-corrected chi connectivity index (χ3v) is 2.32. The molecule has 0 saturated carbocycles. The number of nitrogen functional groups attached to an aromatic ring is 1. The van der Waals surface area contributed by atoms with Gasteiger partial charge in [-0.15, -0.1) is 0 Å². The molecule has 0 aliphatic carbocycles. The second-order valence-electron chi connectivity index (χ2n) is 3.47. The van der Waals surface area contributed by atoms with E-state index in [1.165, 1.54) is 12.1 Å². The maximum atomic E-state index is 12.9. The Morgan fingerprint density at radius 3 is 2.87 bits per heavy atom. The van der Waals surface area contributed by atoms with Gasteiger partial charge < -0.3 is 10.3 Å². The number of rotatable bonds is 2. The molecule has 2 rings (SSSR count). The molecule has 1 aromatic heterocycles. The molecule has 0 fully saturated rings. The molecule has 0 radical (unpaired) electrons. The van der Waals surface area contributed by atoms with Crippen LogP contribution in [-0.4, -0.2) is 9.55 Å². The number of halogens is 1. The summed E-state index contributed by atoms with van der Waals surface area (Å²) < 4.78 is 14.8. The van der Waals surface area contributed by atoms with Crippen LogP contribution in [0.15, 0.2) is 30.5 Å². The smallest absolute Gasteiger partial charge is 0.200 e. The minimum absolute atomic E-state index is 0.233. The molecule has 4 heteroatoms. The second kappa shape index (κ2) is 3.73. The molecule has 0 aliphatic heterocycles. The fourth-order valence-corrected chi connectivity index (χ4v) is 1.50. The molecule has 2 N–H and O–H groups in total. The van der Waals surface area contributed by atoms with Gasteiger partial charge >= 0.3 is 0 Å². The fraction of sp³-hybridized carbons (Fsp3) is 0.182. The fourth-order valence-electron chi connectivity index (χ4n) is 1.50. The molecule has 1 heterocycles. The zero-order valence-corrected chi connectivity index (χ0v) is 8.44. The third-order valence-electron chi connectivity index (χ3n) is 2.32. The van der Waals surface area contributed by atoms with Gasteiger partial charge in [0.25, 0.3) is 0 Å². The van der Waals surface area contributed by atoms with Crippen molar-refractivity contribution in [3.8, 4) is 0 Å². The average Bonchev–Trinajstić information content (AvgIpc) is 2.50. The molecule has 0 aliphatic rings. The van der Waals surface area contributed by atoms with Crippen LogP contribution in [0.5, 0.6) is 0 Å². The van der Waals surface area contributed by atoms with E-state index in [0.29, 0.717) is 12.5 Å². The Hall–Kier alpha value is -1.84. The summed E-state index contributed by atoms with van der Waals surface area (Å²) >= 11 is 0. The van der Waals surface area contributed by atoms with Crippen LogP contribution in [0.2, 0.25) is 0 Å². The van der Waals surface area contributed by atoms with Gasteiger partial charge in [-0.1, -0.05) is 12.1 Å². The summed E-state index contributed by atoms with van der Waals surface area (Å²) in [5.74, 6) is 0.223. The van der Waals surface area contributed by atoms with Gasteiger partial charge in [0.05, 0.1) is 12.7 Å². The first-order chi connectivity index (χ1) is 7.16. The molecular formula is C11H12FN3. The maximum Gasteiger partial charge on any atom is 0.200 e. The normalized spacial score (nSPS) is 10.5. The number of hydrogen-bond acceptors (Lipinski definition) is 2. The molecule has 15 heavy (non-hydrogen) atoms. The van der Waals surface area contributed by atoms with Crippen LogP contribution in [0.1, 0.15) is 11.3 Å². The van der Waals surface area contributed by atoms with Crippen LogP contribution in [-0.2, 0) is 6.54 Å². The summed E-state index contributed by atoms with van der Waals surface area (Å²) in [6.45, 7) is 2.47. The quantitative estimate of drug-likeness (QED) is 0.814. The molecule has 0 atom stereocenters. The van der Waals surface area contributed by atoms with E-state index in [0.717, 1.165) is 11.3 Å². The summed E-state index contributed by atoms with van der Waals surface area (Å²) in [7, 11) is 0. The van der Waals surface area contributed by atoms with Gasteiger partial charge in [0.1, 0.15) is 5.82 Å². The van der Waals surface area contributed by atoms with Crippen molar-refractivity contribution in [1.82, 2.24) is 9.55 Å². The molecule has 2 aromatic rings. The average molecular weight is 205 g/mol. The molecule has 1 aromatic carbocycles. The SMILES string of the molecule is Cc1cnc(N)n1Cc1cccc(F)c1. The predicted octanol–water partition coefficient (Wildman–Crippen LogP) is 1.96. The number of aryl methyl sites for hydroxylation is 1. The van der Waals surface area contributed by atoms with Crippen LogP contribution in [0.3, 0.4) is 0 Å². The van der Waals surface area contributed by atoms with E-state index >= 15 is 0 Å². The Balaban J connectivity index is 2.29. The van der Waals surface area contributed by atoms with E-state index in [9.17, 15) is 4.39 Å². The molecule has 3 nitrogen and oxygen atoms in total. The van der Waals surface area contributed by atoms with Gasteiger partial charge in [-0.2, -0.15) is 0 Å². The zero-order valence-electron chi connectivity index (χ0n) is 8.44. The van der Waals surface area contributed by atoms with E-state index in [4.69, 9.17) is 5.73 Å². The number of benzene rings is 1. The zero-order chi connectivity index (χ0) is 10.8. The highest BCUT2D eigenvalue weighted by molar-refractivity contribution is 5.25. The third kappa shape index (κ3) is 1.98. The Bertz CT molecular complexity index is 457. The molecule has 0 spiro atoms. The van der Waals surface area contributed by atoms with Crippen molar-refractivity contribution in [2.75, 3.05) is 5.73 Å². The number of imidazole rings is 1. The number of aromatic nitrogens is 2. The van der Waals surface area contributed by atoms with Crippen molar-refractivity contribution >= 4 is 5.95 Å².